The van der Waals surface area contributed by atoms with E-state index in [-0.39, 0.29) is 11.8 Å². The Bertz CT molecular complexity index is 522. The number of benzene rings is 1. The molecule has 1 rings (SSSR count). The number of nitrogens with one attached hydrogen (secondary N) is 1. The quantitative estimate of drug-likeness (QED) is 0.620. The number of amides is 1. The number of methoxy groups -OCH3 is 2. The Morgan fingerprint density at radius 2 is 1.86 bits per heavy atom. The second-order valence-electron chi connectivity index (χ2n) is 5.00. The molecule has 1 amide bonds. The van der Waals surface area contributed by atoms with Crippen LogP contribution in [0.25, 0.3) is 6.08 Å². The van der Waals surface area contributed by atoms with Gasteiger partial charge in [-0.15, -0.1) is 0 Å². The van der Waals surface area contributed by atoms with Crippen molar-refractivity contribution in [3.8, 4) is 5.75 Å². The number of ether oxygens (including phenoxy) is 2. The molecule has 5 heteroatoms. The van der Waals surface area contributed by atoms with Gasteiger partial charge in [-0.05, 0) is 29.7 Å². The minimum Gasteiger partial charge on any atom is -0.497 e. The van der Waals surface area contributed by atoms with Gasteiger partial charge < -0.3 is 14.8 Å². The molecular formula is C17H23NO4. The van der Waals surface area contributed by atoms with Crippen molar-refractivity contribution < 1.29 is 19.1 Å². The number of rotatable bonds is 7. The van der Waals surface area contributed by atoms with Crippen molar-refractivity contribution in [1.82, 2.24) is 5.32 Å². The number of carbonyl (C=O) groups excluding carboxylic acids is 2. The monoisotopic (exact) mass is 305 g/mol. The van der Waals surface area contributed by atoms with E-state index >= 15 is 0 Å². The summed E-state index contributed by atoms with van der Waals surface area (Å²) in [6.45, 7) is 3.86. The zero-order chi connectivity index (χ0) is 16.5. The first-order valence-corrected chi connectivity index (χ1v) is 7.22. The average molecular weight is 305 g/mol. The largest absolute Gasteiger partial charge is 0.497 e. The lowest BCUT2D eigenvalue weighted by molar-refractivity contribution is -0.146. The highest BCUT2D eigenvalue weighted by Gasteiger charge is 2.25. The van der Waals surface area contributed by atoms with Crippen molar-refractivity contribution in [3.63, 3.8) is 0 Å². The summed E-state index contributed by atoms with van der Waals surface area (Å²) >= 11 is 0. The SMILES string of the molecule is CCC(C)C(NC(=O)/C=C/c1ccc(OC)cc1)C(=O)OC. The minimum atomic E-state index is -0.636. The molecule has 0 saturated heterocycles. The number of hydrogen-bond acceptors (Lipinski definition) is 4. The van der Waals surface area contributed by atoms with E-state index in [0.717, 1.165) is 17.7 Å². The summed E-state index contributed by atoms with van der Waals surface area (Å²) in [5.74, 6) is 0.00183. The lowest BCUT2D eigenvalue weighted by Gasteiger charge is -2.20. The topological polar surface area (TPSA) is 64.6 Å². The van der Waals surface area contributed by atoms with Crippen molar-refractivity contribution in [3.05, 3.63) is 35.9 Å². The fraction of sp³-hybridized carbons (Fsp3) is 0.412. The van der Waals surface area contributed by atoms with E-state index in [1.807, 2.05) is 38.1 Å². The minimum absolute atomic E-state index is 0.00536. The Hall–Kier alpha value is -2.30. The lowest BCUT2D eigenvalue weighted by atomic mass is 9.99. The smallest absolute Gasteiger partial charge is 0.328 e. The maximum atomic E-state index is 12.0. The fourth-order valence-electron chi connectivity index (χ4n) is 1.88. The summed E-state index contributed by atoms with van der Waals surface area (Å²) in [4.78, 5) is 23.7. The second-order valence-corrected chi connectivity index (χ2v) is 5.00. The van der Waals surface area contributed by atoms with Gasteiger partial charge >= 0.3 is 5.97 Å². The molecule has 0 heterocycles. The summed E-state index contributed by atoms with van der Waals surface area (Å²) < 4.78 is 9.80. The standard InChI is InChI=1S/C17H23NO4/c1-5-12(2)16(17(20)22-4)18-15(19)11-8-13-6-9-14(21-3)10-7-13/h6-12,16H,5H2,1-4H3,(H,18,19)/b11-8+. The van der Waals surface area contributed by atoms with Gasteiger partial charge in [-0.1, -0.05) is 32.4 Å². The molecule has 0 aliphatic heterocycles. The first-order chi connectivity index (χ1) is 10.5. The van der Waals surface area contributed by atoms with Crippen molar-refractivity contribution >= 4 is 18.0 Å². The Balaban J connectivity index is 2.69. The summed E-state index contributed by atoms with van der Waals surface area (Å²) in [6.07, 6.45) is 3.85. The third-order valence-electron chi connectivity index (χ3n) is 3.51. The second kappa shape index (κ2) is 8.87. The van der Waals surface area contributed by atoms with Crippen LogP contribution in [0, 0.1) is 5.92 Å². The molecule has 0 aliphatic carbocycles. The molecule has 5 nitrogen and oxygen atoms in total. The van der Waals surface area contributed by atoms with Gasteiger partial charge in [0.25, 0.3) is 0 Å². The van der Waals surface area contributed by atoms with Crippen molar-refractivity contribution in [1.29, 1.82) is 0 Å². The first kappa shape index (κ1) is 17.8. The van der Waals surface area contributed by atoms with E-state index < -0.39 is 12.0 Å². The maximum absolute atomic E-state index is 12.0. The molecule has 0 bridgehead atoms. The third kappa shape index (κ3) is 5.24. The zero-order valence-electron chi connectivity index (χ0n) is 13.5. The van der Waals surface area contributed by atoms with Crippen LogP contribution in [0.3, 0.4) is 0 Å². The summed E-state index contributed by atoms with van der Waals surface area (Å²) in [5.41, 5.74) is 0.870. The molecule has 2 atom stereocenters. The molecule has 22 heavy (non-hydrogen) atoms. The average Bonchev–Trinajstić information content (AvgIpc) is 2.56. The molecular weight excluding hydrogens is 282 g/mol. The summed E-state index contributed by atoms with van der Waals surface area (Å²) in [5, 5.41) is 2.69. The van der Waals surface area contributed by atoms with Gasteiger partial charge in [0.05, 0.1) is 14.2 Å². The predicted octanol–water partition coefficient (Wildman–Crippen LogP) is 2.41. The van der Waals surface area contributed by atoms with E-state index in [9.17, 15) is 9.59 Å². The van der Waals surface area contributed by atoms with Gasteiger partial charge in [0.1, 0.15) is 11.8 Å². The van der Waals surface area contributed by atoms with Crippen LogP contribution in [-0.2, 0) is 14.3 Å². The van der Waals surface area contributed by atoms with Gasteiger partial charge in [-0.3, -0.25) is 4.79 Å². The van der Waals surface area contributed by atoms with Crippen molar-refractivity contribution in [2.75, 3.05) is 14.2 Å². The molecule has 0 spiro atoms. The highest BCUT2D eigenvalue weighted by atomic mass is 16.5. The Morgan fingerprint density at radius 1 is 1.23 bits per heavy atom. The van der Waals surface area contributed by atoms with Crippen LogP contribution in [0.4, 0.5) is 0 Å². The van der Waals surface area contributed by atoms with Crippen LogP contribution < -0.4 is 10.1 Å². The molecule has 0 aromatic heterocycles. The molecule has 0 saturated carbocycles. The van der Waals surface area contributed by atoms with Crippen LogP contribution in [0.1, 0.15) is 25.8 Å². The highest BCUT2D eigenvalue weighted by Crippen LogP contribution is 2.12. The molecule has 0 fully saturated rings. The van der Waals surface area contributed by atoms with Gasteiger partial charge in [0.2, 0.25) is 5.91 Å². The molecule has 0 radical (unpaired) electrons. The summed E-state index contributed by atoms with van der Waals surface area (Å²) in [7, 11) is 2.91. The zero-order valence-corrected chi connectivity index (χ0v) is 13.5. The summed E-state index contributed by atoms with van der Waals surface area (Å²) in [6, 6.07) is 6.68. The van der Waals surface area contributed by atoms with Crippen molar-refractivity contribution in [2.24, 2.45) is 5.92 Å². The van der Waals surface area contributed by atoms with E-state index in [1.54, 1.807) is 13.2 Å². The number of hydrogen-bond donors (Lipinski definition) is 1. The van der Waals surface area contributed by atoms with Gasteiger partial charge in [0.15, 0.2) is 0 Å². The maximum Gasteiger partial charge on any atom is 0.328 e. The number of carbonyl (C=O) groups is 2. The first-order valence-electron chi connectivity index (χ1n) is 7.22. The Labute approximate surface area is 131 Å². The van der Waals surface area contributed by atoms with E-state index in [1.165, 1.54) is 13.2 Å². The predicted molar refractivity (Wildman–Crippen MR) is 85.4 cm³/mol. The van der Waals surface area contributed by atoms with Crippen LogP contribution in [0.2, 0.25) is 0 Å². The van der Waals surface area contributed by atoms with Crippen LogP contribution in [0.5, 0.6) is 5.75 Å². The van der Waals surface area contributed by atoms with Crippen LogP contribution in [0.15, 0.2) is 30.3 Å². The normalized spacial score (nSPS) is 13.5. The van der Waals surface area contributed by atoms with Gasteiger partial charge in [-0.2, -0.15) is 0 Å². The number of esters is 1. The molecule has 2 unspecified atom stereocenters. The van der Waals surface area contributed by atoms with Crippen LogP contribution >= 0.6 is 0 Å². The fourth-order valence-corrected chi connectivity index (χ4v) is 1.88. The molecule has 1 aromatic rings. The third-order valence-corrected chi connectivity index (χ3v) is 3.51. The molecule has 1 aromatic carbocycles. The molecule has 120 valence electrons. The van der Waals surface area contributed by atoms with Gasteiger partial charge in [0, 0.05) is 6.08 Å². The van der Waals surface area contributed by atoms with Crippen molar-refractivity contribution in [2.45, 2.75) is 26.3 Å². The van der Waals surface area contributed by atoms with E-state index in [2.05, 4.69) is 5.32 Å². The molecule has 1 N–H and O–H groups in total. The van der Waals surface area contributed by atoms with E-state index in [0.29, 0.717) is 0 Å². The lowest BCUT2D eigenvalue weighted by Crippen LogP contribution is -2.45. The highest BCUT2D eigenvalue weighted by molar-refractivity contribution is 5.94. The van der Waals surface area contributed by atoms with Crippen LogP contribution in [-0.4, -0.2) is 32.1 Å². The Morgan fingerprint density at radius 3 is 2.36 bits per heavy atom. The van der Waals surface area contributed by atoms with E-state index in [4.69, 9.17) is 9.47 Å². The Kier molecular flexibility index (Phi) is 7.16. The molecule has 0 aliphatic rings. The van der Waals surface area contributed by atoms with Gasteiger partial charge in [-0.25, -0.2) is 4.79 Å².